The van der Waals surface area contributed by atoms with Crippen molar-refractivity contribution in [3.63, 3.8) is 0 Å². The normalized spacial score (nSPS) is 28.8. The van der Waals surface area contributed by atoms with Gasteiger partial charge in [-0.3, -0.25) is 4.79 Å². The van der Waals surface area contributed by atoms with Crippen LogP contribution in [-0.2, 0) is 19.0 Å². The highest BCUT2D eigenvalue weighted by atomic mass is 16.7. The fraction of sp³-hybridized carbons (Fsp3) is 0.619. The summed E-state index contributed by atoms with van der Waals surface area (Å²) in [5.74, 6) is -1.76. The molecule has 2 fully saturated rings. The van der Waals surface area contributed by atoms with E-state index in [0.717, 1.165) is 10.5 Å². The Morgan fingerprint density at radius 1 is 1.32 bits per heavy atom. The van der Waals surface area contributed by atoms with E-state index in [-0.39, 0.29) is 6.10 Å². The number of ether oxygens (including phenoxy) is 3. The van der Waals surface area contributed by atoms with Gasteiger partial charge in [0.25, 0.3) is 0 Å². The lowest BCUT2D eigenvalue weighted by Gasteiger charge is -2.25. The van der Waals surface area contributed by atoms with Gasteiger partial charge in [0.2, 0.25) is 5.91 Å². The van der Waals surface area contributed by atoms with E-state index in [1.54, 1.807) is 13.8 Å². The van der Waals surface area contributed by atoms with Gasteiger partial charge in [0.1, 0.15) is 6.10 Å². The molecule has 0 spiro atoms. The first-order valence-electron chi connectivity index (χ1n) is 9.78. The minimum atomic E-state index is -0.879. The van der Waals surface area contributed by atoms with Gasteiger partial charge in [-0.15, -0.1) is 0 Å². The van der Waals surface area contributed by atoms with Gasteiger partial charge < -0.3 is 19.3 Å². The molecule has 2 amide bonds. The van der Waals surface area contributed by atoms with Crippen molar-refractivity contribution in [1.29, 1.82) is 0 Å². The van der Waals surface area contributed by atoms with Crippen LogP contribution in [0.3, 0.4) is 0 Å². The number of carbonyl (C=O) groups is 2. The first-order chi connectivity index (χ1) is 13.2. The third-order valence-electron chi connectivity index (χ3n) is 5.45. The van der Waals surface area contributed by atoms with Crippen LogP contribution >= 0.6 is 0 Å². The molecule has 0 aliphatic carbocycles. The lowest BCUT2D eigenvalue weighted by atomic mass is 9.96. The summed E-state index contributed by atoms with van der Waals surface area (Å²) in [6.45, 7) is 7.58. The minimum absolute atomic E-state index is 0.106. The van der Waals surface area contributed by atoms with Gasteiger partial charge in [0, 0.05) is 0 Å². The van der Waals surface area contributed by atoms with Gasteiger partial charge in [-0.1, -0.05) is 37.3 Å². The molecule has 28 heavy (non-hydrogen) atoms. The molecule has 5 atom stereocenters. The Morgan fingerprint density at radius 3 is 2.61 bits per heavy atom. The Bertz CT molecular complexity index is 706. The van der Waals surface area contributed by atoms with Crippen LogP contribution in [0.1, 0.15) is 52.2 Å². The number of aliphatic hydroxyl groups excluding tert-OH is 1. The van der Waals surface area contributed by atoms with Crippen LogP contribution in [-0.4, -0.2) is 52.7 Å². The fourth-order valence-corrected chi connectivity index (χ4v) is 3.74. The number of hydrogen-bond acceptors (Lipinski definition) is 6. The second-order valence-electron chi connectivity index (χ2n) is 8.05. The van der Waals surface area contributed by atoms with Gasteiger partial charge >= 0.3 is 6.09 Å². The number of rotatable bonds is 6. The van der Waals surface area contributed by atoms with Gasteiger partial charge in [0.15, 0.2) is 5.79 Å². The Morgan fingerprint density at radius 2 is 2.00 bits per heavy atom. The van der Waals surface area contributed by atoms with E-state index in [2.05, 4.69) is 0 Å². The summed E-state index contributed by atoms with van der Waals surface area (Å²) in [7, 11) is 0. The second kappa shape index (κ2) is 8.19. The molecule has 2 saturated heterocycles. The first kappa shape index (κ1) is 20.8. The molecule has 2 aliphatic rings. The average Bonchev–Trinajstić information content (AvgIpc) is 3.17. The molecule has 3 rings (SSSR count). The van der Waals surface area contributed by atoms with Crippen molar-refractivity contribution in [3.8, 4) is 0 Å². The highest BCUT2D eigenvalue weighted by Crippen LogP contribution is 2.34. The van der Waals surface area contributed by atoms with Gasteiger partial charge in [-0.05, 0) is 39.2 Å². The van der Waals surface area contributed by atoms with Crippen molar-refractivity contribution in [1.82, 2.24) is 4.90 Å². The summed E-state index contributed by atoms with van der Waals surface area (Å²) in [4.78, 5) is 26.4. The van der Waals surface area contributed by atoms with Crippen molar-refractivity contribution in [2.75, 3.05) is 6.61 Å². The lowest BCUT2D eigenvalue weighted by molar-refractivity contribution is -0.142. The largest absolute Gasteiger partial charge is 0.439 e. The number of carbonyl (C=O) groups excluding carboxylic acids is 2. The zero-order valence-corrected chi connectivity index (χ0v) is 16.8. The number of nitrogens with zero attached hydrogens (tertiary/aromatic N) is 1. The molecule has 2 aliphatic heterocycles. The average molecular weight is 391 g/mol. The SMILES string of the molecule is C[C@H](C(=O)N1C(=O)O[C@H](c2ccccc2)[C@@H]1C)[C@H](O)CC[C@H]1COC(C)(C)O1. The molecule has 1 aromatic rings. The maximum atomic E-state index is 12.9. The molecular weight excluding hydrogens is 362 g/mol. The molecule has 1 aromatic carbocycles. The monoisotopic (exact) mass is 391 g/mol. The molecule has 7 heteroatoms. The standard InChI is InChI=1S/C21H29NO6/c1-13(17(23)11-10-16-12-26-21(3,4)28-16)19(24)22-14(2)18(27-20(22)25)15-8-6-5-7-9-15/h5-9,13-14,16-18,23H,10-12H2,1-4H3/t13-,14-,16-,17+,18-/m0/s1. The van der Waals surface area contributed by atoms with E-state index in [9.17, 15) is 14.7 Å². The van der Waals surface area contributed by atoms with E-state index < -0.39 is 42.0 Å². The number of amides is 2. The van der Waals surface area contributed by atoms with Crippen LogP contribution in [0.15, 0.2) is 30.3 Å². The van der Waals surface area contributed by atoms with E-state index in [4.69, 9.17) is 14.2 Å². The first-order valence-corrected chi connectivity index (χ1v) is 9.78. The predicted molar refractivity (Wildman–Crippen MR) is 101 cm³/mol. The molecule has 0 saturated carbocycles. The number of imide groups is 1. The van der Waals surface area contributed by atoms with Crippen LogP contribution < -0.4 is 0 Å². The Labute approximate surface area is 165 Å². The number of benzene rings is 1. The quantitative estimate of drug-likeness (QED) is 0.802. The Balaban J connectivity index is 1.58. The summed E-state index contributed by atoms with van der Waals surface area (Å²) >= 11 is 0. The molecule has 2 heterocycles. The molecule has 154 valence electrons. The zero-order valence-electron chi connectivity index (χ0n) is 16.8. The lowest BCUT2D eigenvalue weighted by Crippen LogP contribution is -2.44. The molecule has 0 unspecified atom stereocenters. The number of cyclic esters (lactones) is 1. The molecule has 0 radical (unpaired) electrons. The summed E-state index contributed by atoms with van der Waals surface area (Å²) in [5.41, 5.74) is 0.841. The second-order valence-corrected chi connectivity index (χ2v) is 8.05. The van der Waals surface area contributed by atoms with E-state index in [1.165, 1.54) is 0 Å². The summed E-state index contributed by atoms with van der Waals surface area (Å²) < 4.78 is 16.7. The summed E-state index contributed by atoms with van der Waals surface area (Å²) in [5, 5.41) is 10.5. The topological polar surface area (TPSA) is 85.3 Å². The smallest absolute Gasteiger partial charge is 0.417 e. The highest BCUT2D eigenvalue weighted by molar-refractivity contribution is 5.95. The van der Waals surface area contributed by atoms with Crippen LogP contribution in [0.2, 0.25) is 0 Å². The van der Waals surface area contributed by atoms with Crippen molar-refractivity contribution < 1.29 is 28.9 Å². The molecule has 0 bridgehead atoms. The zero-order chi connectivity index (χ0) is 20.5. The summed E-state index contributed by atoms with van der Waals surface area (Å²) in [6, 6.07) is 8.90. The third kappa shape index (κ3) is 4.37. The predicted octanol–water partition coefficient (Wildman–Crippen LogP) is 3.02. The van der Waals surface area contributed by atoms with Crippen molar-refractivity contribution in [3.05, 3.63) is 35.9 Å². The van der Waals surface area contributed by atoms with Crippen LogP contribution in [0, 0.1) is 5.92 Å². The van der Waals surface area contributed by atoms with Gasteiger partial charge in [-0.25, -0.2) is 9.69 Å². The van der Waals surface area contributed by atoms with Crippen LogP contribution in [0.25, 0.3) is 0 Å². The molecule has 7 nitrogen and oxygen atoms in total. The maximum Gasteiger partial charge on any atom is 0.417 e. The van der Waals surface area contributed by atoms with Crippen molar-refractivity contribution >= 4 is 12.0 Å². The molecular formula is C21H29NO6. The summed E-state index contributed by atoms with van der Waals surface area (Å²) in [6.07, 6.45) is -1.20. The number of aliphatic hydroxyl groups is 1. The van der Waals surface area contributed by atoms with E-state index in [1.807, 2.05) is 44.2 Å². The Hall–Kier alpha value is -1.96. The minimum Gasteiger partial charge on any atom is -0.439 e. The van der Waals surface area contributed by atoms with Crippen LogP contribution in [0.5, 0.6) is 0 Å². The Kier molecular flexibility index (Phi) is 6.07. The fourth-order valence-electron chi connectivity index (χ4n) is 3.74. The van der Waals surface area contributed by atoms with Gasteiger partial charge in [-0.2, -0.15) is 0 Å². The van der Waals surface area contributed by atoms with E-state index >= 15 is 0 Å². The van der Waals surface area contributed by atoms with E-state index in [0.29, 0.717) is 19.4 Å². The van der Waals surface area contributed by atoms with Crippen molar-refractivity contribution in [2.24, 2.45) is 5.92 Å². The number of hydrogen-bond donors (Lipinski definition) is 1. The molecule has 1 N–H and O–H groups in total. The third-order valence-corrected chi connectivity index (χ3v) is 5.45. The highest BCUT2D eigenvalue weighted by Gasteiger charge is 2.45. The van der Waals surface area contributed by atoms with Gasteiger partial charge in [0.05, 0.1) is 30.8 Å². The maximum absolute atomic E-state index is 12.9. The van der Waals surface area contributed by atoms with Crippen molar-refractivity contribution in [2.45, 2.75) is 70.7 Å². The van der Waals surface area contributed by atoms with Crippen LogP contribution in [0.4, 0.5) is 4.79 Å². The molecule has 0 aromatic heterocycles.